The predicted molar refractivity (Wildman–Crippen MR) is 186 cm³/mol. The number of benzene rings is 6. The van der Waals surface area contributed by atoms with Gasteiger partial charge in [0.1, 0.15) is 5.82 Å². The van der Waals surface area contributed by atoms with E-state index in [-0.39, 0.29) is 0 Å². The molecule has 0 amide bonds. The largest absolute Gasteiger partial charge is 0.320 e. The van der Waals surface area contributed by atoms with Crippen molar-refractivity contribution in [1.82, 2.24) is 9.55 Å². The first-order chi connectivity index (χ1) is 21.8. The second-order valence-electron chi connectivity index (χ2n) is 11.2. The lowest BCUT2D eigenvalue weighted by molar-refractivity contribution is 0.838. The fourth-order valence-electron chi connectivity index (χ4n) is 6.49. The third-order valence-corrected chi connectivity index (χ3v) is 8.58. The summed E-state index contributed by atoms with van der Waals surface area (Å²) in [6.45, 7) is 5.24. The second kappa shape index (κ2) is 10.8. The van der Waals surface area contributed by atoms with Gasteiger partial charge in [-0.2, -0.15) is 0 Å². The Balaban J connectivity index is 1.40. The van der Waals surface area contributed by atoms with Gasteiger partial charge >= 0.3 is 0 Å². The monoisotopic (exact) mass is 562 g/mol. The molecule has 6 aromatic carbocycles. The minimum Gasteiger partial charge on any atom is -0.320 e. The highest BCUT2D eigenvalue weighted by Gasteiger charge is 2.23. The lowest BCUT2D eigenvalue weighted by Gasteiger charge is -2.17. The molecule has 44 heavy (non-hydrogen) atoms. The molecule has 0 saturated carbocycles. The van der Waals surface area contributed by atoms with Gasteiger partial charge in [-0.15, -0.1) is 0 Å². The molecule has 2 heteroatoms. The predicted octanol–water partition coefficient (Wildman–Crippen LogP) is 11.0. The van der Waals surface area contributed by atoms with Crippen LogP contribution in [0.15, 0.2) is 164 Å². The summed E-state index contributed by atoms with van der Waals surface area (Å²) in [7, 11) is 0. The summed E-state index contributed by atoms with van der Waals surface area (Å²) in [6, 6.07) is 47.6. The molecule has 8 rings (SSSR count). The maximum absolute atomic E-state index is 5.40. The average Bonchev–Trinajstić information content (AvgIpc) is 3.47. The van der Waals surface area contributed by atoms with Gasteiger partial charge in [0.2, 0.25) is 0 Å². The molecule has 0 aliphatic carbocycles. The van der Waals surface area contributed by atoms with E-state index in [9.17, 15) is 0 Å². The van der Waals surface area contributed by atoms with E-state index in [1.165, 1.54) is 27.1 Å². The van der Waals surface area contributed by atoms with E-state index >= 15 is 0 Å². The van der Waals surface area contributed by atoms with Gasteiger partial charge in [-0.25, -0.2) is 4.98 Å². The number of aromatic nitrogens is 2. The van der Waals surface area contributed by atoms with Gasteiger partial charge in [0.15, 0.2) is 0 Å². The molecule has 0 unspecified atom stereocenters. The Hall–Kier alpha value is -5.73. The Morgan fingerprint density at radius 3 is 2.02 bits per heavy atom. The van der Waals surface area contributed by atoms with Gasteiger partial charge in [-0.1, -0.05) is 152 Å². The van der Waals surface area contributed by atoms with E-state index in [1.54, 1.807) is 0 Å². The molecule has 1 aliphatic heterocycles. The van der Waals surface area contributed by atoms with Crippen LogP contribution in [-0.2, 0) is 6.54 Å². The minimum absolute atomic E-state index is 0.701. The van der Waals surface area contributed by atoms with Crippen LogP contribution in [0.2, 0.25) is 0 Å². The third kappa shape index (κ3) is 4.40. The summed E-state index contributed by atoms with van der Waals surface area (Å²) in [5.41, 5.74) is 9.83. The molecular weight excluding hydrogens is 532 g/mol. The highest BCUT2D eigenvalue weighted by molar-refractivity contribution is 6.14. The number of hydrogen-bond acceptors (Lipinski definition) is 1. The summed E-state index contributed by atoms with van der Waals surface area (Å²) in [5, 5.41) is 5.02. The first-order valence-electron chi connectivity index (χ1n) is 15.1. The summed E-state index contributed by atoms with van der Waals surface area (Å²) in [6.07, 6.45) is 8.49. The van der Waals surface area contributed by atoms with E-state index in [1.807, 2.05) is 0 Å². The molecule has 1 aliphatic rings. The minimum atomic E-state index is 0.701. The van der Waals surface area contributed by atoms with Crippen molar-refractivity contribution in [3.8, 4) is 45.0 Å². The quantitative estimate of drug-likeness (QED) is 0.196. The second-order valence-corrected chi connectivity index (χ2v) is 11.2. The van der Waals surface area contributed by atoms with Crippen molar-refractivity contribution in [3.63, 3.8) is 0 Å². The molecule has 2 heterocycles. The van der Waals surface area contributed by atoms with Gasteiger partial charge in [-0.05, 0) is 55.9 Å². The lowest BCUT2D eigenvalue weighted by atomic mass is 9.90. The Bertz CT molecular complexity index is 2250. The molecule has 0 atom stereocenters. The van der Waals surface area contributed by atoms with Crippen LogP contribution in [0.25, 0.3) is 72.1 Å². The summed E-state index contributed by atoms with van der Waals surface area (Å²) in [5.74, 6) is 0.939. The van der Waals surface area contributed by atoms with Crippen LogP contribution < -0.4 is 0 Å². The molecule has 0 fully saturated rings. The summed E-state index contributed by atoms with van der Waals surface area (Å²) < 4.78 is 2.35. The first-order valence-corrected chi connectivity index (χ1v) is 15.1. The van der Waals surface area contributed by atoms with Crippen LogP contribution in [0.4, 0.5) is 0 Å². The molecule has 0 saturated heterocycles. The zero-order valence-electron chi connectivity index (χ0n) is 24.3. The highest BCUT2D eigenvalue weighted by Crippen LogP contribution is 2.41. The number of allylic oxidation sites excluding steroid dienone is 5. The summed E-state index contributed by atoms with van der Waals surface area (Å²) >= 11 is 0. The zero-order chi connectivity index (χ0) is 29.5. The van der Waals surface area contributed by atoms with Crippen LogP contribution in [-0.4, -0.2) is 9.55 Å². The maximum atomic E-state index is 5.40. The maximum Gasteiger partial charge on any atom is 0.142 e. The standard InChI is InChI=1S/C42H30N2/c1-29-15-5-4-14-26-44-41(31-18-8-3-9-19-31)40(30-16-6-2-7-17-30)43-42(44)37-25-24-33(27-38(29)37)39-28-32-20-10-11-21-34(32)35-22-12-13-23-36(35)39/h2-25,27-28H,1,26H2/b14-4-,15-5-. The molecule has 0 spiro atoms. The van der Waals surface area contributed by atoms with E-state index < -0.39 is 0 Å². The van der Waals surface area contributed by atoms with Gasteiger partial charge in [-0.3, -0.25) is 0 Å². The van der Waals surface area contributed by atoms with Crippen LogP contribution in [0.3, 0.4) is 0 Å². The molecule has 0 bridgehead atoms. The summed E-state index contributed by atoms with van der Waals surface area (Å²) in [4.78, 5) is 5.40. The van der Waals surface area contributed by atoms with Crippen molar-refractivity contribution in [2.45, 2.75) is 6.54 Å². The highest BCUT2D eigenvalue weighted by atomic mass is 15.1. The topological polar surface area (TPSA) is 17.8 Å². The number of fused-ring (bicyclic) bond motifs is 6. The van der Waals surface area contributed by atoms with Crippen molar-refractivity contribution in [3.05, 3.63) is 170 Å². The van der Waals surface area contributed by atoms with Crippen molar-refractivity contribution in [2.75, 3.05) is 0 Å². The molecular formula is C42H30N2. The van der Waals surface area contributed by atoms with E-state index in [2.05, 4.69) is 169 Å². The van der Waals surface area contributed by atoms with Crippen molar-refractivity contribution in [2.24, 2.45) is 0 Å². The third-order valence-electron chi connectivity index (χ3n) is 8.58. The molecule has 0 N–H and O–H groups in total. The van der Waals surface area contributed by atoms with Gasteiger partial charge < -0.3 is 4.57 Å². The number of rotatable bonds is 3. The molecule has 1 aromatic heterocycles. The van der Waals surface area contributed by atoms with Crippen LogP contribution in [0.5, 0.6) is 0 Å². The molecule has 0 radical (unpaired) electrons. The van der Waals surface area contributed by atoms with Gasteiger partial charge in [0.05, 0.1) is 11.4 Å². The Morgan fingerprint density at radius 1 is 0.545 bits per heavy atom. The molecule has 2 nitrogen and oxygen atoms in total. The normalized spacial score (nSPS) is 14.2. The SMILES string of the molecule is C=C1/C=C\C=C/Cn2c(nc(-c3ccccc3)c2-c2ccccc2)-c2ccc(-c3cc4ccccc4c4ccccc34)cc21. The van der Waals surface area contributed by atoms with Gasteiger partial charge in [0, 0.05) is 23.2 Å². The average molecular weight is 563 g/mol. The number of nitrogens with zero attached hydrogens (tertiary/aromatic N) is 2. The zero-order valence-corrected chi connectivity index (χ0v) is 24.3. The van der Waals surface area contributed by atoms with Crippen LogP contribution >= 0.6 is 0 Å². The van der Waals surface area contributed by atoms with E-state index in [0.717, 1.165) is 50.6 Å². The van der Waals surface area contributed by atoms with Crippen molar-refractivity contribution >= 4 is 27.1 Å². The Morgan fingerprint density at radius 2 is 1.23 bits per heavy atom. The van der Waals surface area contributed by atoms with E-state index in [4.69, 9.17) is 4.98 Å². The Labute approximate surface area is 257 Å². The smallest absolute Gasteiger partial charge is 0.142 e. The van der Waals surface area contributed by atoms with Gasteiger partial charge in [0.25, 0.3) is 0 Å². The van der Waals surface area contributed by atoms with E-state index in [0.29, 0.717) is 6.54 Å². The first kappa shape index (κ1) is 25.9. The fourth-order valence-corrected chi connectivity index (χ4v) is 6.49. The fraction of sp³-hybridized carbons (Fsp3) is 0.0238. The van der Waals surface area contributed by atoms with Crippen LogP contribution in [0.1, 0.15) is 5.56 Å². The molecule has 208 valence electrons. The number of hydrogen-bond donors (Lipinski definition) is 0. The number of imidazole rings is 1. The van der Waals surface area contributed by atoms with Crippen LogP contribution in [0, 0.1) is 0 Å². The lowest BCUT2D eigenvalue weighted by Crippen LogP contribution is -2.03. The van der Waals surface area contributed by atoms with Crippen molar-refractivity contribution < 1.29 is 0 Å². The molecule has 7 aromatic rings. The Kier molecular flexibility index (Phi) is 6.39. The van der Waals surface area contributed by atoms with Crippen molar-refractivity contribution in [1.29, 1.82) is 0 Å².